The van der Waals surface area contributed by atoms with Crippen molar-refractivity contribution in [3.8, 4) is 5.75 Å². The lowest BCUT2D eigenvalue weighted by Crippen LogP contribution is -2.44. The molecule has 0 aliphatic rings. The molecule has 8 nitrogen and oxygen atoms in total. The van der Waals surface area contributed by atoms with Crippen molar-refractivity contribution in [3.63, 3.8) is 0 Å². The molecule has 0 heterocycles. The molecule has 0 aromatic heterocycles. The van der Waals surface area contributed by atoms with E-state index < -0.39 is 17.9 Å². The summed E-state index contributed by atoms with van der Waals surface area (Å²) >= 11 is 0. The maximum atomic E-state index is 11.5. The first-order chi connectivity index (χ1) is 9.45. The zero-order valence-corrected chi connectivity index (χ0v) is 10.9. The Morgan fingerprint density at radius 3 is 2.65 bits per heavy atom. The number of ether oxygens (including phenoxy) is 1. The van der Waals surface area contributed by atoms with Crippen molar-refractivity contribution in [2.45, 2.75) is 13.0 Å². The quantitative estimate of drug-likeness (QED) is 0.232. The van der Waals surface area contributed by atoms with E-state index in [2.05, 4.69) is 10.5 Å². The van der Waals surface area contributed by atoms with E-state index in [0.717, 1.165) is 0 Å². The highest BCUT2D eigenvalue weighted by Crippen LogP contribution is 2.17. The molecule has 1 unspecified atom stereocenters. The highest BCUT2D eigenvalue weighted by molar-refractivity contribution is 5.99. The van der Waals surface area contributed by atoms with Crippen LogP contribution in [0.5, 0.6) is 5.75 Å². The summed E-state index contributed by atoms with van der Waals surface area (Å²) in [5.41, 5.74) is 10.9. The second-order valence-electron chi connectivity index (χ2n) is 3.96. The van der Waals surface area contributed by atoms with E-state index in [1.165, 1.54) is 6.92 Å². The molecule has 1 atom stereocenters. The molecule has 0 saturated carbocycles. The number of primary amides is 1. The number of amidine groups is 1. The van der Waals surface area contributed by atoms with Crippen LogP contribution in [0.25, 0.3) is 0 Å². The van der Waals surface area contributed by atoms with E-state index in [0.29, 0.717) is 5.56 Å². The Hall–Kier alpha value is -2.77. The topological polar surface area (TPSA) is 140 Å². The van der Waals surface area contributed by atoms with E-state index in [-0.39, 0.29) is 18.2 Å². The SMILES string of the molecule is CC(NC(=O)COc1ccccc1/C(N)=N/O)C(N)=O. The van der Waals surface area contributed by atoms with Crippen LogP contribution in [-0.2, 0) is 9.59 Å². The zero-order valence-electron chi connectivity index (χ0n) is 10.9. The Morgan fingerprint density at radius 2 is 2.05 bits per heavy atom. The molecule has 2 amide bonds. The smallest absolute Gasteiger partial charge is 0.258 e. The van der Waals surface area contributed by atoms with Gasteiger partial charge in [-0.1, -0.05) is 17.3 Å². The van der Waals surface area contributed by atoms with Gasteiger partial charge in [0.2, 0.25) is 5.91 Å². The van der Waals surface area contributed by atoms with Gasteiger partial charge in [-0.05, 0) is 19.1 Å². The number of carbonyl (C=O) groups is 2. The summed E-state index contributed by atoms with van der Waals surface area (Å²) in [7, 11) is 0. The van der Waals surface area contributed by atoms with Gasteiger partial charge in [0.15, 0.2) is 12.4 Å². The first kappa shape index (κ1) is 15.3. The van der Waals surface area contributed by atoms with Crippen molar-refractivity contribution >= 4 is 17.6 Å². The average molecular weight is 280 g/mol. The van der Waals surface area contributed by atoms with Crippen LogP contribution < -0.4 is 21.5 Å². The van der Waals surface area contributed by atoms with Gasteiger partial charge in [0.05, 0.1) is 5.56 Å². The molecule has 0 fully saturated rings. The third-order valence-electron chi connectivity index (χ3n) is 2.43. The molecule has 6 N–H and O–H groups in total. The number of amides is 2. The average Bonchev–Trinajstić information content (AvgIpc) is 2.44. The first-order valence-electron chi connectivity index (χ1n) is 5.74. The number of rotatable bonds is 6. The summed E-state index contributed by atoms with van der Waals surface area (Å²) in [5, 5.41) is 13.9. The van der Waals surface area contributed by atoms with Gasteiger partial charge in [0.25, 0.3) is 5.91 Å². The molecule has 1 aromatic rings. The van der Waals surface area contributed by atoms with Crippen LogP contribution in [0.3, 0.4) is 0 Å². The van der Waals surface area contributed by atoms with E-state index in [9.17, 15) is 9.59 Å². The summed E-state index contributed by atoms with van der Waals surface area (Å²) in [6.45, 7) is 1.14. The second-order valence-corrected chi connectivity index (χ2v) is 3.96. The van der Waals surface area contributed by atoms with Crippen LogP contribution in [-0.4, -0.2) is 35.5 Å². The van der Waals surface area contributed by atoms with Gasteiger partial charge in [0.1, 0.15) is 11.8 Å². The third-order valence-corrected chi connectivity index (χ3v) is 2.43. The number of oxime groups is 1. The minimum absolute atomic E-state index is 0.133. The molecule has 0 aliphatic carbocycles. The largest absolute Gasteiger partial charge is 0.483 e. The van der Waals surface area contributed by atoms with Crippen molar-refractivity contribution in [2.24, 2.45) is 16.6 Å². The lowest BCUT2D eigenvalue weighted by molar-refractivity contribution is -0.128. The molecule has 1 rings (SSSR count). The van der Waals surface area contributed by atoms with Crippen molar-refractivity contribution in [3.05, 3.63) is 29.8 Å². The predicted octanol–water partition coefficient (Wildman–Crippen LogP) is -0.850. The summed E-state index contributed by atoms with van der Waals surface area (Å²) in [5.74, 6) is -1.00. The number of benzene rings is 1. The van der Waals surface area contributed by atoms with Gasteiger partial charge in [-0.15, -0.1) is 0 Å². The lowest BCUT2D eigenvalue weighted by atomic mass is 10.2. The highest BCUT2D eigenvalue weighted by atomic mass is 16.5. The van der Waals surface area contributed by atoms with Crippen molar-refractivity contribution in [1.29, 1.82) is 0 Å². The number of hydrogen-bond donors (Lipinski definition) is 4. The van der Waals surface area contributed by atoms with Crippen LogP contribution in [0.4, 0.5) is 0 Å². The Balaban J connectivity index is 2.67. The number of nitrogens with two attached hydrogens (primary N) is 2. The molecule has 0 spiro atoms. The molecule has 20 heavy (non-hydrogen) atoms. The van der Waals surface area contributed by atoms with E-state index in [1.807, 2.05) is 0 Å². The van der Waals surface area contributed by atoms with E-state index >= 15 is 0 Å². The summed E-state index contributed by atoms with van der Waals surface area (Å²) < 4.78 is 5.27. The Kier molecular flexibility index (Phi) is 5.33. The number of nitrogens with one attached hydrogen (secondary N) is 1. The molecule has 0 bridgehead atoms. The normalized spacial score (nSPS) is 12.6. The van der Waals surface area contributed by atoms with Crippen LogP contribution >= 0.6 is 0 Å². The fourth-order valence-electron chi connectivity index (χ4n) is 1.36. The van der Waals surface area contributed by atoms with E-state index in [1.54, 1.807) is 24.3 Å². The van der Waals surface area contributed by atoms with Gasteiger partial charge in [-0.3, -0.25) is 9.59 Å². The van der Waals surface area contributed by atoms with Crippen LogP contribution in [0.2, 0.25) is 0 Å². The number of para-hydroxylation sites is 1. The zero-order chi connectivity index (χ0) is 15.1. The minimum atomic E-state index is -0.787. The van der Waals surface area contributed by atoms with Crippen molar-refractivity contribution in [2.75, 3.05) is 6.61 Å². The Bertz CT molecular complexity index is 530. The third kappa shape index (κ3) is 4.16. The molecule has 8 heteroatoms. The number of hydrogen-bond acceptors (Lipinski definition) is 5. The van der Waals surface area contributed by atoms with Gasteiger partial charge < -0.3 is 26.7 Å². The van der Waals surface area contributed by atoms with Crippen molar-refractivity contribution in [1.82, 2.24) is 5.32 Å². The predicted molar refractivity (Wildman–Crippen MR) is 71.2 cm³/mol. The molecular formula is C12H16N4O4. The fourth-order valence-corrected chi connectivity index (χ4v) is 1.36. The maximum Gasteiger partial charge on any atom is 0.258 e. The minimum Gasteiger partial charge on any atom is -0.483 e. The molecule has 0 radical (unpaired) electrons. The second kappa shape index (κ2) is 6.98. The maximum absolute atomic E-state index is 11.5. The van der Waals surface area contributed by atoms with Gasteiger partial charge >= 0.3 is 0 Å². The van der Waals surface area contributed by atoms with E-state index in [4.69, 9.17) is 21.4 Å². The molecule has 0 aliphatic heterocycles. The molecule has 108 valence electrons. The van der Waals surface area contributed by atoms with Gasteiger partial charge in [0, 0.05) is 0 Å². The summed E-state index contributed by atoms with van der Waals surface area (Å²) in [6.07, 6.45) is 0. The highest BCUT2D eigenvalue weighted by Gasteiger charge is 2.14. The first-order valence-corrected chi connectivity index (χ1v) is 5.74. The molecule has 0 saturated heterocycles. The van der Waals surface area contributed by atoms with Crippen LogP contribution in [0.1, 0.15) is 12.5 Å². The molecule has 1 aromatic carbocycles. The Labute approximate surface area is 115 Å². The van der Waals surface area contributed by atoms with Gasteiger partial charge in [-0.25, -0.2) is 0 Å². The van der Waals surface area contributed by atoms with Crippen LogP contribution in [0.15, 0.2) is 29.4 Å². The standard InChI is InChI=1S/C12H16N4O4/c1-7(12(14)18)15-10(17)6-20-9-5-3-2-4-8(9)11(13)16-19/h2-5,7,19H,6H2,1H3,(H2,13,16)(H2,14,18)(H,15,17). The summed E-state index contributed by atoms with van der Waals surface area (Å²) in [6, 6.07) is 5.71. The fraction of sp³-hybridized carbons (Fsp3) is 0.250. The monoisotopic (exact) mass is 280 g/mol. The number of nitrogens with zero attached hydrogens (tertiary/aromatic N) is 1. The van der Waals surface area contributed by atoms with Crippen molar-refractivity contribution < 1.29 is 19.5 Å². The summed E-state index contributed by atoms with van der Waals surface area (Å²) in [4.78, 5) is 22.3. The van der Waals surface area contributed by atoms with Crippen LogP contribution in [0, 0.1) is 0 Å². The van der Waals surface area contributed by atoms with Gasteiger partial charge in [-0.2, -0.15) is 0 Å². The molecular weight excluding hydrogens is 264 g/mol. The number of carbonyl (C=O) groups excluding carboxylic acids is 2. The lowest BCUT2D eigenvalue weighted by Gasteiger charge is -2.12. The Morgan fingerprint density at radius 1 is 1.40 bits per heavy atom.